The second-order valence-electron chi connectivity index (χ2n) is 9.89. The quantitative estimate of drug-likeness (QED) is 0.342. The highest BCUT2D eigenvalue weighted by molar-refractivity contribution is 6.08. The van der Waals surface area contributed by atoms with Crippen LogP contribution >= 0.6 is 0 Å². The van der Waals surface area contributed by atoms with Gasteiger partial charge in [0.1, 0.15) is 11.5 Å². The van der Waals surface area contributed by atoms with Crippen LogP contribution in [0.2, 0.25) is 0 Å². The van der Waals surface area contributed by atoms with E-state index in [2.05, 4.69) is 24.3 Å². The highest BCUT2D eigenvalue weighted by Crippen LogP contribution is 2.62. The van der Waals surface area contributed by atoms with Crippen molar-refractivity contribution in [3.05, 3.63) is 130 Å². The molecule has 2 bridgehead atoms. The molecule has 4 nitrogen and oxygen atoms in total. The maximum atomic E-state index is 14.3. The fourth-order valence-electron chi connectivity index (χ4n) is 7.12. The normalized spacial score (nSPS) is 25.3. The number of likely N-dealkylation sites (tertiary alicyclic amines) is 1. The van der Waals surface area contributed by atoms with Gasteiger partial charge in [-0.3, -0.25) is 14.5 Å². The number of hydrogen-bond acceptors (Lipinski definition) is 3. The van der Waals surface area contributed by atoms with Gasteiger partial charge in [-0.2, -0.15) is 0 Å². The molecule has 2 atom stereocenters. The summed E-state index contributed by atoms with van der Waals surface area (Å²) in [6.07, 6.45) is 0. The second kappa shape index (κ2) is 6.70. The second-order valence-corrected chi connectivity index (χ2v) is 9.89. The summed E-state index contributed by atoms with van der Waals surface area (Å²) < 4.78 is 6.16. The zero-order valence-electron chi connectivity index (χ0n) is 18.8. The van der Waals surface area contributed by atoms with Crippen LogP contribution in [0.3, 0.4) is 0 Å². The van der Waals surface area contributed by atoms with Gasteiger partial charge in [-0.1, -0.05) is 84.9 Å². The van der Waals surface area contributed by atoms with Crippen molar-refractivity contribution >= 4 is 11.8 Å². The van der Waals surface area contributed by atoms with Crippen LogP contribution in [0.4, 0.5) is 0 Å². The van der Waals surface area contributed by atoms with Gasteiger partial charge >= 0.3 is 0 Å². The molecular formula is C31H21NO3. The topological polar surface area (TPSA) is 46.6 Å². The van der Waals surface area contributed by atoms with E-state index in [0.29, 0.717) is 11.5 Å². The van der Waals surface area contributed by atoms with E-state index in [9.17, 15) is 9.59 Å². The largest absolute Gasteiger partial charge is 0.457 e. The van der Waals surface area contributed by atoms with Gasteiger partial charge in [0.15, 0.2) is 0 Å². The number of fused-ring (bicyclic) bond motifs is 2. The van der Waals surface area contributed by atoms with Gasteiger partial charge in [0.05, 0.1) is 17.9 Å². The van der Waals surface area contributed by atoms with Crippen LogP contribution in [0, 0.1) is 11.8 Å². The lowest BCUT2D eigenvalue weighted by atomic mass is 9.55. The van der Waals surface area contributed by atoms with Crippen molar-refractivity contribution in [2.75, 3.05) is 0 Å². The van der Waals surface area contributed by atoms with Crippen molar-refractivity contribution in [2.45, 2.75) is 17.9 Å². The number of carbonyl (C=O) groups is 2. The van der Waals surface area contributed by atoms with Gasteiger partial charge in [-0.25, -0.2) is 0 Å². The van der Waals surface area contributed by atoms with Crippen molar-refractivity contribution in [2.24, 2.45) is 11.8 Å². The summed E-state index contributed by atoms with van der Waals surface area (Å²) in [5, 5.41) is 0. The Kier molecular flexibility index (Phi) is 3.67. The Balaban J connectivity index is 1.34. The SMILES string of the molecule is O=C1[C@H]2C3c4ccccc4C(c4ccccc43)[C@@H]2C(=O)N1C1c2ccccc2Oc2ccccc21. The van der Waals surface area contributed by atoms with Crippen molar-refractivity contribution in [3.63, 3.8) is 0 Å². The molecule has 4 aromatic carbocycles. The third-order valence-corrected chi connectivity index (χ3v) is 8.39. The minimum absolute atomic E-state index is 0.0736. The number of ether oxygens (including phenoxy) is 1. The molecule has 0 saturated carbocycles. The molecule has 0 unspecified atom stereocenters. The molecule has 1 saturated heterocycles. The number of para-hydroxylation sites is 2. The molecule has 35 heavy (non-hydrogen) atoms. The van der Waals surface area contributed by atoms with Crippen molar-refractivity contribution in [3.8, 4) is 11.5 Å². The summed E-state index contributed by atoms with van der Waals surface area (Å²) in [4.78, 5) is 30.2. The van der Waals surface area contributed by atoms with E-state index in [1.54, 1.807) is 4.90 Å². The number of nitrogens with zero attached hydrogens (tertiary/aromatic N) is 1. The van der Waals surface area contributed by atoms with Gasteiger partial charge in [0.2, 0.25) is 11.8 Å². The first-order chi connectivity index (χ1) is 17.2. The number of hydrogen-bond donors (Lipinski definition) is 0. The summed E-state index contributed by atoms with van der Waals surface area (Å²) >= 11 is 0. The maximum Gasteiger partial charge on any atom is 0.234 e. The molecule has 5 aliphatic rings. The van der Waals surface area contributed by atoms with Gasteiger partial charge in [0.25, 0.3) is 0 Å². The molecule has 4 heteroatoms. The lowest BCUT2D eigenvalue weighted by Gasteiger charge is -2.45. The molecule has 3 aliphatic carbocycles. The third-order valence-electron chi connectivity index (χ3n) is 8.39. The van der Waals surface area contributed by atoms with Crippen LogP contribution < -0.4 is 4.74 Å². The van der Waals surface area contributed by atoms with Crippen LogP contribution in [-0.4, -0.2) is 16.7 Å². The predicted octanol–water partition coefficient (Wildman–Crippen LogP) is 5.77. The molecule has 2 aliphatic heterocycles. The number of imide groups is 1. The first kappa shape index (κ1) is 19.2. The standard InChI is InChI=1S/C31H21NO3/c33-30-27-25-17-9-1-2-10-18(17)26(20-12-4-3-11-19(20)25)28(27)31(34)32(30)29-21-13-5-7-15-23(21)35-24-16-8-6-14-22(24)29/h1-16,25-29H/t25?,26?,27-,28-/m0/s1. The Morgan fingerprint density at radius 1 is 0.486 bits per heavy atom. The monoisotopic (exact) mass is 455 g/mol. The lowest BCUT2D eigenvalue weighted by molar-refractivity contribution is -0.142. The molecular weight excluding hydrogens is 434 g/mol. The number of amides is 2. The van der Waals surface area contributed by atoms with Gasteiger partial charge in [0, 0.05) is 23.0 Å². The smallest absolute Gasteiger partial charge is 0.234 e. The van der Waals surface area contributed by atoms with E-state index >= 15 is 0 Å². The Hall–Kier alpha value is -4.18. The first-order valence-corrected chi connectivity index (χ1v) is 12.1. The minimum atomic E-state index is -0.493. The van der Waals surface area contributed by atoms with Crippen LogP contribution in [-0.2, 0) is 9.59 Å². The van der Waals surface area contributed by atoms with Gasteiger partial charge in [-0.15, -0.1) is 0 Å². The highest BCUT2D eigenvalue weighted by Gasteiger charge is 2.63. The Bertz CT molecular complexity index is 1410. The minimum Gasteiger partial charge on any atom is -0.457 e. The predicted molar refractivity (Wildman–Crippen MR) is 130 cm³/mol. The van der Waals surface area contributed by atoms with Crippen LogP contribution in [0.1, 0.15) is 51.3 Å². The average Bonchev–Trinajstić information content (AvgIpc) is 3.17. The molecule has 0 spiro atoms. The van der Waals surface area contributed by atoms with Gasteiger partial charge < -0.3 is 4.74 Å². The van der Waals surface area contributed by atoms with Crippen LogP contribution in [0.5, 0.6) is 11.5 Å². The van der Waals surface area contributed by atoms with Crippen LogP contribution in [0.15, 0.2) is 97.1 Å². The zero-order valence-corrected chi connectivity index (χ0v) is 18.8. The molecule has 2 amide bonds. The van der Waals surface area contributed by atoms with Crippen LogP contribution in [0.25, 0.3) is 0 Å². The maximum absolute atomic E-state index is 14.3. The summed E-state index contributed by atoms with van der Waals surface area (Å²) in [6, 6.07) is 31.7. The lowest BCUT2D eigenvalue weighted by Crippen LogP contribution is -2.41. The van der Waals surface area contributed by atoms with Crippen molar-refractivity contribution in [1.82, 2.24) is 4.90 Å². The summed E-state index contributed by atoms with van der Waals surface area (Å²) in [7, 11) is 0. The first-order valence-electron chi connectivity index (χ1n) is 12.1. The third kappa shape index (κ3) is 2.32. The molecule has 0 N–H and O–H groups in total. The number of rotatable bonds is 1. The molecule has 0 aromatic heterocycles. The van der Waals surface area contributed by atoms with E-state index in [1.165, 1.54) is 22.3 Å². The fourth-order valence-corrected chi connectivity index (χ4v) is 7.12. The molecule has 168 valence electrons. The number of benzene rings is 4. The Morgan fingerprint density at radius 3 is 1.23 bits per heavy atom. The number of carbonyl (C=O) groups excluding carboxylic acids is 2. The van der Waals surface area contributed by atoms with E-state index < -0.39 is 6.04 Å². The molecule has 1 fully saturated rings. The summed E-state index contributed by atoms with van der Waals surface area (Å²) in [5.41, 5.74) is 6.46. The van der Waals surface area contributed by atoms with Crippen molar-refractivity contribution in [1.29, 1.82) is 0 Å². The highest BCUT2D eigenvalue weighted by atomic mass is 16.5. The van der Waals surface area contributed by atoms with E-state index in [0.717, 1.165) is 11.1 Å². The molecule has 9 rings (SSSR count). The molecule has 0 radical (unpaired) electrons. The average molecular weight is 456 g/mol. The Morgan fingerprint density at radius 2 is 0.829 bits per heavy atom. The fraction of sp³-hybridized carbons (Fsp3) is 0.161. The molecule has 2 heterocycles. The van der Waals surface area contributed by atoms with Crippen molar-refractivity contribution < 1.29 is 14.3 Å². The zero-order chi connectivity index (χ0) is 23.3. The van der Waals surface area contributed by atoms with E-state index in [-0.39, 0.29) is 35.5 Å². The summed E-state index contributed by atoms with van der Waals surface area (Å²) in [6.45, 7) is 0. The molecule has 4 aromatic rings. The van der Waals surface area contributed by atoms with Gasteiger partial charge in [-0.05, 0) is 34.4 Å². The Labute approximate surface area is 202 Å². The summed E-state index contributed by atoms with van der Waals surface area (Å²) in [5.74, 6) is 0.251. The van der Waals surface area contributed by atoms with E-state index in [1.807, 2.05) is 72.8 Å². The van der Waals surface area contributed by atoms with E-state index in [4.69, 9.17) is 4.74 Å².